The molecule has 0 aromatic carbocycles. The van der Waals surface area contributed by atoms with E-state index in [1.807, 2.05) is 0 Å². The lowest BCUT2D eigenvalue weighted by atomic mass is 10.7. The van der Waals surface area contributed by atoms with Crippen LogP contribution in [0.5, 0.6) is 5.95 Å². The van der Waals surface area contributed by atoms with Crippen molar-refractivity contribution in [3.05, 3.63) is 18.4 Å². The highest BCUT2D eigenvalue weighted by atomic mass is 16.6. The fraction of sp³-hybridized carbons (Fsp3) is 0.333. The van der Waals surface area contributed by atoms with Gasteiger partial charge in [-0.2, -0.15) is 0 Å². The Hall–Kier alpha value is -1.00. The average molecular weight is 142 g/mol. The van der Waals surface area contributed by atoms with Gasteiger partial charge in [0.05, 0.1) is 6.26 Å². The summed E-state index contributed by atoms with van der Waals surface area (Å²) in [6.45, 7) is 0.393. The second-order valence-electron chi connectivity index (χ2n) is 1.65. The summed E-state index contributed by atoms with van der Waals surface area (Å²) >= 11 is 0. The Morgan fingerprint density at radius 1 is 1.70 bits per heavy atom. The molecular weight excluding hydrogens is 132 g/mol. The maximum Gasteiger partial charge on any atom is 0.285 e. The van der Waals surface area contributed by atoms with Gasteiger partial charge in [-0.15, -0.1) is 0 Å². The van der Waals surface area contributed by atoms with Crippen LogP contribution in [-0.2, 0) is 0 Å². The molecule has 0 spiro atoms. The monoisotopic (exact) mass is 142 g/mol. The molecule has 0 aliphatic rings. The van der Waals surface area contributed by atoms with Crippen molar-refractivity contribution >= 4 is 0 Å². The molecule has 0 bridgehead atoms. The van der Waals surface area contributed by atoms with Gasteiger partial charge in [-0.3, -0.25) is 5.43 Å². The van der Waals surface area contributed by atoms with Crippen molar-refractivity contribution in [2.45, 2.75) is 0 Å². The molecule has 0 amide bonds. The minimum absolute atomic E-state index is 0.393. The normalized spacial score (nSPS) is 9.70. The summed E-state index contributed by atoms with van der Waals surface area (Å²) in [7, 11) is 1.77. The molecule has 4 heteroatoms. The summed E-state index contributed by atoms with van der Waals surface area (Å²) in [4.78, 5) is 0. The molecule has 0 saturated heterocycles. The van der Waals surface area contributed by atoms with Gasteiger partial charge >= 0.3 is 0 Å². The molecule has 1 aromatic heterocycles. The molecule has 0 atom stereocenters. The summed E-state index contributed by atoms with van der Waals surface area (Å²) < 4.78 is 9.94. The largest absolute Gasteiger partial charge is 0.448 e. The van der Waals surface area contributed by atoms with Crippen LogP contribution < -0.4 is 15.6 Å². The zero-order valence-corrected chi connectivity index (χ0v) is 5.76. The molecule has 0 fully saturated rings. The number of hydrogen-bond donors (Lipinski definition) is 2. The fourth-order valence-corrected chi connectivity index (χ4v) is 0.525. The number of rotatable bonds is 4. The quantitative estimate of drug-likeness (QED) is 0.361. The second kappa shape index (κ2) is 3.92. The third-order valence-corrected chi connectivity index (χ3v) is 0.958. The van der Waals surface area contributed by atoms with Crippen LogP contribution >= 0.6 is 0 Å². The fourth-order valence-electron chi connectivity index (χ4n) is 0.525. The van der Waals surface area contributed by atoms with E-state index in [1.54, 1.807) is 25.4 Å². The summed E-state index contributed by atoms with van der Waals surface area (Å²) in [5, 5.41) is 0. The maximum absolute atomic E-state index is 5.05. The van der Waals surface area contributed by atoms with Crippen LogP contribution in [0.3, 0.4) is 0 Å². The molecule has 1 aromatic rings. The van der Waals surface area contributed by atoms with E-state index in [1.165, 1.54) is 0 Å². The van der Waals surface area contributed by atoms with Crippen LogP contribution in [-0.4, -0.2) is 13.8 Å². The second-order valence-corrected chi connectivity index (χ2v) is 1.65. The van der Waals surface area contributed by atoms with E-state index < -0.39 is 0 Å². The number of ether oxygens (including phenoxy) is 1. The van der Waals surface area contributed by atoms with Gasteiger partial charge in [-0.1, -0.05) is 0 Å². The van der Waals surface area contributed by atoms with E-state index >= 15 is 0 Å². The lowest BCUT2D eigenvalue weighted by Gasteiger charge is -2.01. The van der Waals surface area contributed by atoms with E-state index in [4.69, 9.17) is 9.15 Å². The van der Waals surface area contributed by atoms with Crippen molar-refractivity contribution in [1.82, 2.24) is 10.9 Å². The van der Waals surface area contributed by atoms with Crippen LogP contribution in [0.4, 0.5) is 0 Å². The topological polar surface area (TPSA) is 46.4 Å². The first-order valence-electron chi connectivity index (χ1n) is 2.99. The molecule has 0 radical (unpaired) electrons. The predicted octanol–water partition coefficient (Wildman–Crippen LogP) is 0.340. The first-order valence-corrected chi connectivity index (χ1v) is 2.99. The van der Waals surface area contributed by atoms with Crippen molar-refractivity contribution in [2.75, 3.05) is 13.8 Å². The van der Waals surface area contributed by atoms with E-state index in [9.17, 15) is 0 Å². The molecular formula is C6H10N2O2. The zero-order valence-electron chi connectivity index (χ0n) is 5.76. The highest BCUT2D eigenvalue weighted by Crippen LogP contribution is 2.08. The van der Waals surface area contributed by atoms with Crippen molar-refractivity contribution in [3.63, 3.8) is 0 Å². The Kier molecular flexibility index (Phi) is 2.79. The summed E-state index contributed by atoms with van der Waals surface area (Å²) in [5.41, 5.74) is 5.47. The van der Waals surface area contributed by atoms with Crippen LogP contribution in [0.25, 0.3) is 0 Å². The first kappa shape index (κ1) is 7.11. The average Bonchev–Trinajstić information content (AvgIpc) is 2.41. The van der Waals surface area contributed by atoms with Gasteiger partial charge in [0.15, 0.2) is 6.73 Å². The van der Waals surface area contributed by atoms with Crippen LogP contribution in [0.2, 0.25) is 0 Å². The van der Waals surface area contributed by atoms with Gasteiger partial charge in [0.1, 0.15) is 0 Å². The van der Waals surface area contributed by atoms with Crippen molar-refractivity contribution in [3.8, 4) is 5.95 Å². The SMILES string of the molecule is CNNCOc1ccco1. The minimum atomic E-state index is 0.393. The Morgan fingerprint density at radius 3 is 3.20 bits per heavy atom. The number of hydrogen-bond acceptors (Lipinski definition) is 4. The first-order chi connectivity index (χ1) is 4.93. The summed E-state index contributed by atoms with van der Waals surface area (Å²) in [5.74, 6) is 0.516. The van der Waals surface area contributed by atoms with Gasteiger partial charge in [-0.05, 0) is 13.1 Å². The van der Waals surface area contributed by atoms with Gasteiger partial charge in [0, 0.05) is 6.07 Å². The molecule has 1 rings (SSSR count). The molecule has 56 valence electrons. The van der Waals surface area contributed by atoms with Crippen LogP contribution in [0.15, 0.2) is 22.8 Å². The Bertz CT molecular complexity index is 162. The Balaban J connectivity index is 2.15. The minimum Gasteiger partial charge on any atom is -0.448 e. The van der Waals surface area contributed by atoms with Crippen molar-refractivity contribution < 1.29 is 9.15 Å². The lowest BCUT2D eigenvalue weighted by Crippen LogP contribution is -2.31. The number of nitrogens with one attached hydrogen (secondary N) is 2. The van der Waals surface area contributed by atoms with Gasteiger partial charge < -0.3 is 9.15 Å². The van der Waals surface area contributed by atoms with Gasteiger partial charge in [0.25, 0.3) is 5.95 Å². The molecule has 0 aliphatic heterocycles. The molecule has 0 aliphatic carbocycles. The number of hydrazine groups is 1. The maximum atomic E-state index is 5.05. The molecule has 0 unspecified atom stereocenters. The van der Waals surface area contributed by atoms with Gasteiger partial charge in [0.2, 0.25) is 0 Å². The molecule has 10 heavy (non-hydrogen) atoms. The highest BCUT2D eigenvalue weighted by molar-refractivity contribution is 5.03. The van der Waals surface area contributed by atoms with E-state index in [0.29, 0.717) is 12.7 Å². The van der Waals surface area contributed by atoms with E-state index in [2.05, 4.69) is 10.9 Å². The Labute approximate surface area is 59.1 Å². The molecule has 2 N–H and O–H groups in total. The predicted molar refractivity (Wildman–Crippen MR) is 36.4 cm³/mol. The van der Waals surface area contributed by atoms with Gasteiger partial charge in [-0.25, -0.2) is 5.43 Å². The Morgan fingerprint density at radius 2 is 2.60 bits per heavy atom. The summed E-state index contributed by atoms with van der Waals surface area (Å²) in [6, 6.07) is 3.52. The zero-order chi connectivity index (χ0) is 7.23. The van der Waals surface area contributed by atoms with Crippen LogP contribution in [0, 0.1) is 0 Å². The molecule has 1 heterocycles. The standard InChI is InChI=1S/C6H10N2O2/c1-7-8-5-10-6-3-2-4-9-6/h2-4,7-8H,5H2,1H3. The van der Waals surface area contributed by atoms with Crippen molar-refractivity contribution in [2.24, 2.45) is 0 Å². The lowest BCUT2D eigenvalue weighted by molar-refractivity contribution is 0.210. The van der Waals surface area contributed by atoms with E-state index in [-0.39, 0.29) is 0 Å². The van der Waals surface area contributed by atoms with E-state index in [0.717, 1.165) is 0 Å². The molecule has 0 saturated carbocycles. The third kappa shape index (κ3) is 2.08. The number of furan rings is 1. The molecule has 4 nitrogen and oxygen atoms in total. The van der Waals surface area contributed by atoms with Crippen molar-refractivity contribution in [1.29, 1.82) is 0 Å². The van der Waals surface area contributed by atoms with Crippen LogP contribution in [0.1, 0.15) is 0 Å². The smallest absolute Gasteiger partial charge is 0.285 e. The third-order valence-electron chi connectivity index (χ3n) is 0.958. The highest BCUT2D eigenvalue weighted by Gasteiger charge is 1.91. The summed E-state index contributed by atoms with van der Waals surface area (Å²) in [6.07, 6.45) is 1.56.